The largest absolute Gasteiger partial charge is 0.416 e. The van der Waals surface area contributed by atoms with Crippen LogP contribution in [0, 0.1) is 0 Å². The predicted molar refractivity (Wildman–Crippen MR) is 51.5 cm³/mol. The van der Waals surface area contributed by atoms with Crippen LogP contribution in [0.25, 0.3) is 0 Å². The maximum absolute atomic E-state index is 12.5. The van der Waals surface area contributed by atoms with Crippen LogP contribution in [-0.2, 0) is 11.0 Å². The van der Waals surface area contributed by atoms with E-state index >= 15 is 0 Å². The Bertz CT molecular complexity index is 447. The van der Waals surface area contributed by atoms with Crippen LogP contribution in [0.5, 0.6) is 0 Å². The molecule has 1 aromatic rings. The monoisotopic (exact) mass is 246 g/mol. The summed E-state index contributed by atoms with van der Waals surface area (Å²) in [7, 11) is 0. The number of nitrogens with one attached hydrogen (secondary N) is 2. The average molecular weight is 246 g/mol. The number of Topliss-reactive ketones (excluding diaryl/α,β-unsaturated/α-hetero) is 1. The smallest absolute Gasteiger partial charge is 0.370 e. The highest BCUT2D eigenvalue weighted by atomic mass is 19.4. The highest BCUT2D eigenvalue weighted by Gasteiger charge is 2.35. The van der Waals surface area contributed by atoms with Gasteiger partial charge >= 0.3 is 6.18 Å². The van der Waals surface area contributed by atoms with E-state index in [1.54, 1.807) is 0 Å². The summed E-state index contributed by atoms with van der Waals surface area (Å²) in [4.78, 5) is 11.4. The summed E-state index contributed by atoms with van der Waals surface area (Å²) in [6.45, 7) is 0. The van der Waals surface area contributed by atoms with Gasteiger partial charge < -0.3 is 5.11 Å². The number of ketones is 1. The van der Waals surface area contributed by atoms with Gasteiger partial charge in [-0.3, -0.25) is 4.79 Å². The lowest BCUT2D eigenvalue weighted by molar-refractivity contribution is -0.137. The molecule has 2 unspecified atom stereocenters. The maximum Gasteiger partial charge on any atom is 0.416 e. The topological polar surface area (TPSA) is 61.4 Å². The number of alkyl halides is 3. The summed E-state index contributed by atoms with van der Waals surface area (Å²) in [6.07, 6.45) is -5.85. The van der Waals surface area contributed by atoms with Crippen molar-refractivity contribution in [3.63, 3.8) is 0 Å². The molecule has 4 nitrogen and oxygen atoms in total. The van der Waals surface area contributed by atoms with Crippen LogP contribution >= 0.6 is 0 Å². The molecular formula is C10H9F3N2O2. The summed E-state index contributed by atoms with van der Waals surface area (Å²) in [5, 5.41) is 9.11. The third kappa shape index (κ3) is 2.31. The Kier molecular flexibility index (Phi) is 2.90. The van der Waals surface area contributed by atoms with Gasteiger partial charge in [-0.1, -0.05) is 12.1 Å². The van der Waals surface area contributed by atoms with E-state index in [9.17, 15) is 18.0 Å². The molecule has 0 aliphatic carbocycles. The molecular weight excluding hydrogens is 237 g/mol. The molecule has 0 amide bonds. The summed E-state index contributed by atoms with van der Waals surface area (Å²) < 4.78 is 37.4. The second-order valence-corrected chi connectivity index (χ2v) is 3.65. The van der Waals surface area contributed by atoms with E-state index in [1.807, 2.05) is 0 Å². The lowest BCUT2D eigenvalue weighted by Gasteiger charge is -2.12. The van der Waals surface area contributed by atoms with Crippen molar-refractivity contribution in [3.05, 3.63) is 35.4 Å². The van der Waals surface area contributed by atoms with E-state index in [0.29, 0.717) is 0 Å². The molecule has 1 aliphatic rings. The van der Waals surface area contributed by atoms with Gasteiger partial charge in [0.25, 0.3) is 0 Å². The molecule has 0 radical (unpaired) electrons. The fourth-order valence-corrected chi connectivity index (χ4v) is 1.60. The molecule has 0 saturated carbocycles. The van der Waals surface area contributed by atoms with Gasteiger partial charge in [0.15, 0.2) is 12.0 Å². The van der Waals surface area contributed by atoms with Crippen molar-refractivity contribution in [3.8, 4) is 0 Å². The summed E-state index contributed by atoms with van der Waals surface area (Å²) in [5.74, 6) is -0.607. The van der Waals surface area contributed by atoms with Crippen LogP contribution in [0.15, 0.2) is 24.3 Å². The number of aliphatic hydroxyl groups excluding tert-OH is 1. The van der Waals surface area contributed by atoms with Crippen molar-refractivity contribution in [2.24, 2.45) is 0 Å². The number of rotatable bonds is 1. The zero-order valence-corrected chi connectivity index (χ0v) is 8.45. The third-order valence-corrected chi connectivity index (χ3v) is 2.47. The first-order valence-electron chi connectivity index (χ1n) is 4.79. The number of benzene rings is 1. The van der Waals surface area contributed by atoms with Crippen LogP contribution in [0.2, 0.25) is 0 Å². The van der Waals surface area contributed by atoms with Gasteiger partial charge in [-0.2, -0.15) is 13.2 Å². The predicted octanol–water partition coefficient (Wildman–Crippen LogP) is 0.742. The summed E-state index contributed by atoms with van der Waals surface area (Å²) in [6, 6.07) is 3.46. The fourth-order valence-electron chi connectivity index (χ4n) is 1.60. The van der Waals surface area contributed by atoms with E-state index in [-0.39, 0.29) is 5.56 Å². The van der Waals surface area contributed by atoms with Crippen molar-refractivity contribution in [1.82, 2.24) is 10.9 Å². The molecule has 92 valence electrons. The van der Waals surface area contributed by atoms with E-state index in [2.05, 4.69) is 10.9 Å². The minimum Gasteiger partial charge on any atom is -0.370 e. The molecule has 1 saturated heterocycles. The molecule has 2 rings (SSSR count). The van der Waals surface area contributed by atoms with Crippen molar-refractivity contribution in [2.75, 3.05) is 0 Å². The number of hydrogen-bond acceptors (Lipinski definition) is 4. The van der Waals surface area contributed by atoms with Gasteiger partial charge in [0, 0.05) is 0 Å². The highest BCUT2D eigenvalue weighted by molar-refractivity contribution is 5.90. The summed E-state index contributed by atoms with van der Waals surface area (Å²) >= 11 is 0. The number of hydrazine groups is 1. The molecule has 1 aliphatic heterocycles. The quantitative estimate of drug-likeness (QED) is 0.684. The van der Waals surface area contributed by atoms with Crippen molar-refractivity contribution in [2.45, 2.75) is 18.4 Å². The molecule has 0 spiro atoms. The van der Waals surface area contributed by atoms with Crippen LogP contribution in [0.3, 0.4) is 0 Å². The van der Waals surface area contributed by atoms with Gasteiger partial charge in [0.2, 0.25) is 0 Å². The maximum atomic E-state index is 12.5. The minimum atomic E-state index is -4.45. The Hall–Kier alpha value is -1.44. The standard InChI is InChI=1S/C10H9F3N2O2/c11-10(12,13)6-3-1-2-5(4-6)7-8(16)9(17)15-14-7/h1-4,7,9,14-15,17H. The minimum absolute atomic E-state index is 0.161. The van der Waals surface area contributed by atoms with Crippen LogP contribution < -0.4 is 10.9 Å². The molecule has 7 heteroatoms. The lowest BCUT2D eigenvalue weighted by atomic mass is 10.0. The Morgan fingerprint density at radius 3 is 2.47 bits per heavy atom. The number of hydrogen-bond donors (Lipinski definition) is 3. The number of aliphatic hydroxyl groups is 1. The molecule has 17 heavy (non-hydrogen) atoms. The first-order valence-corrected chi connectivity index (χ1v) is 4.79. The van der Waals surface area contributed by atoms with E-state index < -0.39 is 29.8 Å². The molecule has 3 N–H and O–H groups in total. The van der Waals surface area contributed by atoms with Gasteiger partial charge in [-0.05, 0) is 17.7 Å². The van der Waals surface area contributed by atoms with Gasteiger partial charge in [-0.25, -0.2) is 10.9 Å². The molecule has 2 atom stereocenters. The Balaban J connectivity index is 2.31. The zero-order chi connectivity index (χ0) is 12.6. The molecule has 1 aromatic carbocycles. The Morgan fingerprint density at radius 1 is 1.24 bits per heavy atom. The van der Waals surface area contributed by atoms with Crippen molar-refractivity contribution >= 4 is 5.78 Å². The Morgan fingerprint density at radius 2 is 1.94 bits per heavy atom. The molecule has 1 heterocycles. The van der Waals surface area contributed by atoms with E-state index in [4.69, 9.17) is 5.11 Å². The van der Waals surface area contributed by atoms with E-state index in [1.165, 1.54) is 12.1 Å². The number of carbonyl (C=O) groups is 1. The molecule has 0 bridgehead atoms. The molecule has 0 aromatic heterocycles. The van der Waals surface area contributed by atoms with Crippen LogP contribution in [0.4, 0.5) is 13.2 Å². The molecule has 1 fully saturated rings. The van der Waals surface area contributed by atoms with Gasteiger partial charge in [0.05, 0.1) is 5.56 Å². The van der Waals surface area contributed by atoms with Crippen molar-refractivity contribution in [1.29, 1.82) is 0 Å². The van der Waals surface area contributed by atoms with Crippen LogP contribution in [0.1, 0.15) is 17.2 Å². The van der Waals surface area contributed by atoms with Crippen LogP contribution in [-0.4, -0.2) is 17.1 Å². The highest BCUT2D eigenvalue weighted by Crippen LogP contribution is 2.31. The van der Waals surface area contributed by atoms with Crippen molar-refractivity contribution < 1.29 is 23.1 Å². The second kappa shape index (κ2) is 4.10. The van der Waals surface area contributed by atoms with E-state index in [0.717, 1.165) is 12.1 Å². The normalized spacial score (nSPS) is 25.3. The first-order chi connectivity index (χ1) is 7.89. The average Bonchev–Trinajstić information content (AvgIpc) is 2.59. The number of halogens is 3. The Labute approximate surface area is 94.4 Å². The first kappa shape index (κ1) is 12.0. The lowest BCUT2D eigenvalue weighted by Crippen LogP contribution is -2.31. The third-order valence-electron chi connectivity index (χ3n) is 2.47. The summed E-state index contributed by atoms with van der Waals surface area (Å²) in [5.41, 5.74) is 4.02. The fraction of sp³-hybridized carbons (Fsp3) is 0.300. The SMILES string of the molecule is O=C1C(O)NNC1c1cccc(C(F)(F)F)c1. The second-order valence-electron chi connectivity index (χ2n) is 3.65. The number of carbonyl (C=O) groups excluding carboxylic acids is 1. The zero-order valence-electron chi connectivity index (χ0n) is 8.45. The van der Waals surface area contributed by atoms with Gasteiger partial charge in [-0.15, -0.1) is 0 Å². The van der Waals surface area contributed by atoms with Gasteiger partial charge in [0.1, 0.15) is 6.04 Å².